The second-order valence-corrected chi connectivity index (χ2v) is 10.6. The Balaban J connectivity index is 1.19. The number of likely N-dealkylation sites (tertiary alicyclic amines) is 1. The summed E-state index contributed by atoms with van der Waals surface area (Å²) < 4.78 is 32.7. The third-order valence-corrected chi connectivity index (χ3v) is 7.48. The molecule has 0 radical (unpaired) electrons. The number of hydrogen-bond acceptors (Lipinski definition) is 7. The topological polar surface area (TPSA) is 102 Å². The maximum Gasteiger partial charge on any atom is 0.313 e. The van der Waals surface area contributed by atoms with Crippen LogP contribution < -0.4 is 24.8 Å². The number of rotatable bonds is 12. The molecule has 10 heteroatoms. The Bertz CT molecular complexity index is 1580. The summed E-state index contributed by atoms with van der Waals surface area (Å²) in [5, 5.41) is 5.61. The summed E-state index contributed by atoms with van der Waals surface area (Å²) in [7, 11) is 1.56. The summed E-state index contributed by atoms with van der Waals surface area (Å²) in [5.41, 5.74) is 1.70. The lowest BCUT2D eigenvalue weighted by Gasteiger charge is -2.26. The fourth-order valence-electron chi connectivity index (χ4n) is 5.22. The van der Waals surface area contributed by atoms with Crippen molar-refractivity contribution in [1.82, 2.24) is 15.2 Å². The zero-order valence-corrected chi connectivity index (χ0v) is 24.8. The lowest BCUT2D eigenvalue weighted by molar-refractivity contribution is -0.136. The standard InChI is InChI=1S/C34H37FN4O5/c1-42-32-30(43-22-8-21-39-19-6-3-7-20-39)14-12-26-28(16-18-36-31(26)32)44-29-13-11-25(23-27(29)35)38-34(41)33(40)37-17-15-24-9-4-2-5-10-24/h2,4-5,9-14,16,18,23H,3,6-8,15,17,19-22H2,1H3,(H,37,40)(H,38,41). The third-order valence-electron chi connectivity index (χ3n) is 7.48. The Labute approximate surface area is 256 Å². The lowest BCUT2D eigenvalue weighted by Crippen LogP contribution is -2.36. The molecule has 230 valence electrons. The highest BCUT2D eigenvalue weighted by molar-refractivity contribution is 6.39. The summed E-state index contributed by atoms with van der Waals surface area (Å²) in [6.07, 6.45) is 6.88. The van der Waals surface area contributed by atoms with Crippen molar-refractivity contribution in [2.24, 2.45) is 0 Å². The van der Waals surface area contributed by atoms with Crippen molar-refractivity contribution in [2.75, 3.05) is 45.2 Å². The molecule has 0 saturated carbocycles. The molecule has 2 N–H and O–H groups in total. The molecule has 9 nitrogen and oxygen atoms in total. The summed E-state index contributed by atoms with van der Waals surface area (Å²) in [5.74, 6) is -1.02. The minimum atomic E-state index is -0.886. The van der Waals surface area contributed by atoms with Crippen molar-refractivity contribution in [2.45, 2.75) is 32.1 Å². The van der Waals surface area contributed by atoms with E-state index in [0.717, 1.165) is 37.7 Å². The maximum absolute atomic E-state index is 15.1. The fraction of sp³-hybridized carbons (Fsp3) is 0.324. The predicted molar refractivity (Wildman–Crippen MR) is 167 cm³/mol. The Hall–Kier alpha value is -4.70. The Morgan fingerprint density at radius 3 is 2.50 bits per heavy atom. The average Bonchev–Trinajstić information content (AvgIpc) is 3.05. The van der Waals surface area contributed by atoms with Gasteiger partial charge < -0.3 is 29.7 Å². The monoisotopic (exact) mass is 600 g/mol. The molecule has 1 aliphatic rings. The number of anilines is 1. The number of benzene rings is 3. The Kier molecular flexibility index (Phi) is 10.6. The Morgan fingerprint density at radius 2 is 1.73 bits per heavy atom. The molecular formula is C34H37FN4O5. The molecule has 0 atom stereocenters. The first-order chi connectivity index (χ1) is 21.5. The van der Waals surface area contributed by atoms with Crippen LogP contribution in [0.1, 0.15) is 31.2 Å². The van der Waals surface area contributed by atoms with Crippen molar-refractivity contribution < 1.29 is 28.2 Å². The number of nitrogens with one attached hydrogen (secondary N) is 2. The summed E-state index contributed by atoms with van der Waals surface area (Å²) in [6, 6.07) is 18.8. The number of nitrogens with zero attached hydrogens (tertiary/aromatic N) is 2. The first-order valence-electron chi connectivity index (χ1n) is 14.9. The number of amides is 2. The largest absolute Gasteiger partial charge is 0.491 e. The van der Waals surface area contributed by atoms with E-state index in [4.69, 9.17) is 14.2 Å². The SMILES string of the molecule is COc1c(OCCCN2CCCCC2)ccc2c(Oc3ccc(NC(=O)C(=O)NCCc4ccccc4)cc3F)ccnc12. The van der Waals surface area contributed by atoms with Crippen LogP contribution in [0.4, 0.5) is 10.1 Å². The van der Waals surface area contributed by atoms with Gasteiger partial charge in [0, 0.05) is 36.4 Å². The molecule has 1 fully saturated rings. The normalized spacial score (nSPS) is 13.3. The number of hydrogen-bond donors (Lipinski definition) is 2. The van der Waals surface area contributed by atoms with E-state index in [1.54, 1.807) is 25.4 Å². The van der Waals surface area contributed by atoms with Gasteiger partial charge in [-0.2, -0.15) is 0 Å². The lowest BCUT2D eigenvalue weighted by atomic mass is 10.1. The summed E-state index contributed by atoms with van der Waals surface area (Å²) >= 11 is 0. The van der Waals surface area contributed by atoms with Gasteiger partial charge in [0.2, 0.25) is 0 Å². The second kappa shape index (κ2) is 15.2. The second-order valence-electron chi connectivity index (χ2n) is 10.6. The van der Waals surface area contributed by atoms with Crippen LogP contribution in [0.3, 0.4) is 0 Å². The number of methoxy groups -OCH3 is 1. The van der Waals surface area contributed by atoms with E-state index < -0.39 is 17.6 Å². The molecule has 2 heterocycles. The molecule has 5 rings (SSSR count). The van der Waals surface area contributed by atoms with E-state index in [0.29, 0.717) is 47.7 Å². The number of ether oxygens (including phenoxy) is 3. The third kappa shape index (κ3) is 8.02. The minimum Gasteiger partial charge on any atom is -0.491 e. The molecule has 0 spiro atoms. The highest BCUT2D eigenvalue weighted by Crippen LogP contribution is 2.39. The number of halogens is 1. The number of carbonyl (C=O) groups excluding carboxylic acids is 2. The highest BCUT2D eigenvalue weighted by Gasteiger charge is 2.18. The van der Waals surface area contributed by atoms with E-state index in [9.17, 15) is 9.59 Å². The average molecular weight is 601 g/mol. The quantitative estimate of drug-likeness (QED) is 0.158. The van der Waals surface area contributed by atoms with Crippen LogP contribution in [-0.4, -0.2) is 61.6 Å². The number of carbonyl (C=O) groups is 2. The molecular weight excluding hydrogens is 563 g/mol. The van der Waals surface area contributed by atoms with Crippen molar-refractivity contribution >= 4 is 28.4 Å². The molecule has 0 aliphatic carbocycles. The van der Waals surface area contributed by atoms with Crippen molar-refractivity contribution in [3.63, 3.8) is 0 Å². The van der Waals surface area contributed by atoms with Gasteiger partial charge in [0.05, 0.1) is 13.7 Å². The van der Waals surface area contributed by atoms with E-state index in [-0.39, 0.29) is 11.4 Å². The number of fused-ring (bicyclic) bond motifs is 1. The molecule has 3 aromatic carbocycles. The van der Waals surface area contributed by atoms with Crippen LogP contribution in [0.15, 0.2) is 72.9 Å². The predicted octanol–water partition coefficient (Wildman–Crippen LogP) is 5.73. The van der Waals surface area contributed by atoms with E-state index in [1.165, 1.54) is 31.4 Å². The zero-order chi connectivity index (χ0) is 30.7. The first-order valence-corrected chi connectivity index (χ1v) is 14.9. The molecule has 1 aliphatic heterocycles. The Morgan fingerprint density at radius 1 is 0.932 bits per heavy atom. The van der Waals surface area contributed by atoms with E-state index in [1.807, 2.05) is 36.4 Å². The first kappa shape index (κ1) is 30.7. The molecule has 1 saturated heterocycles. The maximum atomic E-state index is 15.1. The van der Waals surface area contributed by atoms with Crippen LogP contribution >= 0.6 is 0 Å². The summed E-state index contributed by atoms with van der Waals surface area (Å²) in [6.45, 7) is 4.15. The number of aromatic nitrogens is 1. The molecule has 4 aromatic rings. The van der Waals surface area contributed by atoms with Gasteiger partial charge in [0.1, 0.15) is 11.3 Å². The smallest absolute Gasteiger partial charge is 0.313 e. The van der Waals surface area contributed by atoms with Crippen LogP contribution in [0.5, 0.6) is 23.0 Å². The van der Waals surface area contributed by atoms with Gasteiger partial charge in [-0.1, -0.05) is 36.8 Å². The van der Waals surface area contributed by atoms with Crippen molar-refractivity contribution in [3.8, 4) is 23.0 Å². The fourth-order valence-corrected chi connectivity index (χ4v) is 5.22. The minimum absolute atomic E-state index is 0.0557. The van der Waals surface area contributed by atoms with Crippen LogP contribution in [0.25, 0.3) is 10.9 Å². The van der Waals surface area contributed by atoms with Crippen LogP contribution in [0, 0.1) is 5.82 Å². The van der Waals surface area contributed by atoms with Gasteiger partial charge in [0.25, 0.3) is 0 Å². The van der Waals surface area contributed by atoms with Gasteiger partial charge in [0.15, 0.2) is 23.1 Å². The number of pyridine rings is 1. The molecule has 44 heavy (non-hydrogen) atoms. The van der Waals surface area contributed by atoms with Crippen molar-refractivity contribution in [3.05, 3.63) is 84.3 Å². The van der Waals surface area contributed by atoms with Gasteiger partial charge in [-0.15, -0.1) is 0 Å². The van der Waals surface area contributed by atoms with Gasteiger partial charge in [-0.25, -0.2) is 4.39 Å². The molecule has 2 amide bonds. The highest BCUT2D eigenvalue weighted by atomic mass is 19.1. The van der Waals surface area contributed by atoms with Crippen LogP contribution in [0.2, 0.25) is 0 Å². The van der Waals surface area contributed by atoms with E-state index in [2.05, 4.69) is 20.5 Å². The zero-order valence-electron chi connectivity index (χ0n) is 24.8. The van der Waals surface area contributed by atoms with Gasteiger partial charge in [-0.3, -0.25) is 14.6 Å². The van der Waals surface area contributed by atoms with Gasteiger partial charge in [-0.05, 0) is 74.7 Å². The molecule has 0 unspecified atom stereocenters. The molecule has 0 bridgehead atoms. The number of piperidine rings is 1. The van der Waals surface area contributed by atoms with Crippen LogP contribution in [-0.2, 0) is 16.0 Å². The molecule has 1 aromatic heterocycles. The van der Waals surface area contributed by atoms with E-state index >= 15 is 4.39 Å². The van der Waals surface area contributed by atoms with Crippen molar-refractivity contribution in [1.29, 1.82) is 0 Å². The van der Waals surface area contributed by atoms with Gasteiger partial charge >= 0.3 is 11.8 Å². The summed E-state index contributed by atoms with van der Waals surface area (Å²) in [4.78, 5) is 31.5.